The highest BCUT2D eigenvalue weighted by molar-refractivity contribution is 6.51. The molecular weight excluding hydrogens is 442 g/mol. The number of rotatable bonds is 5. The third-order valence-electron chi connectivity index (χ3n) is 6.52. The van der Waals surface area contributed by atoms with E-state index in [9.17, 15) is 14.7 Å². The van der Waals surface area contributed by atoms with E-state index in [0.29, 0.717) is 30.2 Å². The lowest BCUT2D eigenvalue weighted by atomic mass is 9.91. The Hall–Kier alpha value is -4.06. The first-order valence-corrected chi connectivity index (χ1v) is 11.8. The molecule has 1 N–H and O–H groups in total. The van der Waals surface area contributed by atoms with Crippen LogP contribution >= 0.6 is 0 Å². The number of aliphatic hydroxyl groups is 1. The van der Waals surface area contributed by atoms with Gasteiger partial charge in [0.2, 0.25) is 0 Å². The molecule has 0 radical (unpaired) electrons. The topological polar surface area (TPSA) is 76.1 Å². The molecule has 1 saturated heterocycles. The maximum Gasteiger partial charge on any atom is 0.300 e. The molecule has 2 aliphatic rings. The van der Waals surface area contributed by atoms with E-state index in [1.54, 1.807) is 24.3 Å². The molecule has 2 heterocycles. The molecule has 0 spiro atoms. The fourth-order valence-corrected chi connectivity index (χ4v) is 4.84. The number of hydrogen-bond donors (Lipinski definition) is 1. The van der Waals surface area contributed by atoms with E-state index < -0.39 is 17.7 Å². The van der Waals surface area contributed by atoms with E-state index >= 15 is 0 Å². The number of anilines is 1. The molecule has 6 heteroatoms. The second-order valence-corrected chi connectivity index (χ2v) is 8.73. The Morgan fingerprint density at radius 2 is 1.91 bits per heavy atom. The molecule has 3 aromatic rings. The van der Waals surface area contributed by atoms with Gasteiger partial charge in [-0.15, -0.1) is 0 Å². The van der Waals surface area contributed by atoms with Crippen LogP contribution in [0.1, 0.15) is 41.6 Å². The SMILES string of the molecule is CCOc1cccc(N2C(=O)C(=O)/C(=C(/O)c3ccc4c(c3)CCCO4)C2c2ccccc2C)c1. The quantitative estimate of drug-likeness (QED) is 0.310. The molecule has 1 unspecified atom stereocenters. The van der Waals surface area contributed by atoms with Gasteiger partial charge in [-0.25, -0.2) is 0 Å². The van der Waals surface area contributed by atoms with Crippen molar-refractivity contribution in [3.8, 4) is 11.5 Å². The number of carbonyl (C=O) groups is 2. The maximum absolute atomic E-state index is 13.4. The standard InChI is InChI=1S/C29H27NO5/c1-3-34-22-11-6-10-21(17-22)30-26(23-12-5-4-8-18(23)2)25(28(32)29(30)33)27(31)20-13-14-24-19(16-20)9-7-15-35-24/h4-6,8,10-14,16-17,26,31H,3,7,9,15H2,1-2H3/b27-25+. The number of aliphatic hydroxyl groups excluding tert-OH is 1. The highest BCUT2D eigenvalue weighted by Crippen LogP contribution is 2.44. The van der Waals surface area contributed by atoms with Crippen LogP contribution in [-0.2, 0) is 16.0 Å². The molecular formula is C29H27NO5. The number of amides is 1. The maximum atomic E-state index is 13.4. The third kappa shape index (κ3) is 4.05. The fraction of sp³-hybridized carbons (Fsp3) is 0.241. The van der Waals surface area contributed by atoms with E-state index in [1.807, 2.05) is 56.3 Å². The van der Waals surface area contributed by atoms with Crippen LogP contribution < -0.4 is 14.4 Å². The van der Waals surface area contributed by atoms with Gasteiger partial charge in [-0.2, -0.15) is 0 Å². The number of ketones is 1. The molecule has 0 aliphatic carbocycles. The first-order chi connectivity index (χ1) is 17.0. The average molecular weight is 470 g/mol. The third-order valence-corrected chi connectivity index (χ3v) is 6.52. The van der Waals surface area contributed by atoms with Crippen LogP contribution in [0, 0.1) is 6.92 Å². The van der Waals surface area contributed by atoms with Crippen LogP contribution in [0.3, 0.4) is 0 Å². The number of Topliss-reactive ketones (excluding diaryl/α,β-unsaturated/α-hetero) is 1. The molecule has 1 fully saturated rings. The van der Waals surface area contributed by atoms with Crippen LogP contribution in [0.25, 0.3) is 5.76 Å². The van der Waals surface area contributed by atoms with Gasteiger partial charge >= 0.3 is 0 Å². The van der Waals surface area contributed by atoms with Crippen LogP contribution in [0.15, 0.2) is 72.3 Å². The first kappa shape index (κ1) is 22.7. The van der Waals surface area contributed by atoms with E-state index in [1.165, 1.54) is 4.90 Å². The fourth-order valence-electron chi connectivity index (χ4n) is 4.84. The summed E-state index contributed by atoms with van der Waals surface area (Å²) in [6.45, 7) is 4.96. The average Bonchev–Trinajstić information content (AvgIpc) is 3.14. The predicted molar refractivity (Wildman–Crippen MR) is 134 cm³/mol. The van der Waals surface area contributed by atoms with E-state index in [0.717, 1.165) is 35.3 Å². The lowest BCUT2D eigenvalue weighted by Gasteiger charge is -2.27. The van der Waals surface area contributed by atoms with Crippen molar-refractivity contribution in [3.63, 3.8) is 0 Å². The van der Waals surface area contributed by atoms with Crippen molar-refractivity contribution in [2.45, 2.75) is 32.7 Å². The first-order valence-electron chi connectivity index (χ1n) is 11.8. The zero-order valence-corrected chi connectivity index (χ0v) is 19.8. The number of aryl methyl sites for hydroxylation is 2. The number of fused-ring (bicyclic) bond motifs is 1. The molecule has 3 aromatic carbocycles. The Kier molecular flexibility index (Phi) is 6.03. The molecule has 178 valence electrons. The predicted octanol–water partition coefficient (Wildman–Crippen LogP) is 5.35. The molecule has 1 amide bonds. The van der Waals surface area contributed by atoms with E-state index in [-0.39, 0.29) is 11.3 Å². The highest BCUT2D eigenvalue weighted by atomic mass is 16.5. The van der Waals surface area contributed by atoms with Gasteiger partial charge in [-0.1, -0.05) is 30.3 Å². The molecule has 35 heavy (non-hydrogen) atoms. The summed E-state index contributed by atoms with van der Waals surface area (Å²) in [4.78, 5) is 28.3. The van der Waals surface area contributed by atoms with Gasteiger partial charge < -0.3 is 14.6 Å². The van der Waals surface area contributed by atoms with Gasteiger partial charge in [0.05, 0.1) is 24.8 Å². The summed E-state index contributed by atoms with van der Waals surface area (Å²) >= 11 is 0. The lowest BCUT2D eigenvalue weighted by molar-refractivity contribution is -0.132. The number of carbonyl (C=O) groups excluding carboxylic acids is 2. The Bertz CT molecular complexity index is 1340. The van der Waals surface area contributed by atoms with E-state index in [2.05, 4.69) is 0 Å². The van der Waals surface area contributed by atoms with Crippen molar-refractivity contribution in [2.75, 3.05) is 18.1 Å². The minimum absolute atomic E-state index is 0.0720. The summed E-state index contributed by atoms with van der Waals surface area (Å²) in [6, 6.07) is 19.3. The Morgan fingerprint density at radius 3 is 2.71 bits per heavy atom. The summed E-state index contributed by atoms with van der Waals surface area (Å²) in [5.41, 5.74) is 3.76. The minimum atomic E-state index is -0.777. The van der Waals surface area contributed by atoms with Gasteiger partial charge in [0, 0.05) is 17.3 Å². The Morgan fingerprint density at radius 1 is 1.09 bits per heavy atom. The largest absolute Gasteiger partial charge is 0.507 e. The zero-order valence-electron chi connectivity index (χ0n) is 19.8. The van der Waals surface area contributed by atoms with Crippen LogP contribution in [-0.4, -0.2) is 30.0 Å². The Balaban J connectivity index is 1.69. The summed E-state index contributed by atoms with van der Waals surface area (Å²) in [7, 11) is 0. The minimum Gasteiger partial charge on any atom is -0.507 e. The normalized spacial score (nSPS) is 18.8. The zero-order chi connectivity index (χ0) is 24.5. The van der Waals surface area contributed by atoms with Gasteiger partial charge in [0.15, 0.2) is 0 Å². The second kappa shape index (κ2) is 9.29. The molecule has 2 aliphatic heterocycles. The van der Waals surface area contributed by atoms with Crippen LogP contribution in [0.5, 0.6) is 11.5 Å². The highest BCUT2D eigenvalue weighted by Gasteiger charge is 2.47. The van der Waals surface area contributed by atoms with Gasteiger partial charge in [0.1, 0.15) is 17.3 Å². The monoisotopic (exact) mass is 469 g/mol. The smallest absolute Gasteiger partial charge is 0.300 e. The molecule has 0 aromatic heterocycles. The van der Waals surface area contributed by atoms with Crippen LogP contribution in [0.2, 0.25) is 0 Å². The second-order valence-electron chi connectivity index (χ2n) is 8.73. The molecule has 6 nitrogen and oxygen atoms in total. The summed E-state index contributed by atoms with van der Waals surface area (Å²) in [5, 5.41) is 11.5. The van der Waals surface area contributed by atoms with Crippen LogP contribution in [0.4, 0.5) is 5.69 Å². The van der Waals surface area contributed by atoms with Gasteiger partial charge in [-0.3, -0.25) is 14.5 Å². The van der Waals surface area contributed by atoms with Crippen molar-refractivity contribution in [2.24, 2.45) is 0 Å². The molecule has 1 atom stereocenters. The van der Waals surface area contributed by atoms with Gasteiger partial charge in [-0.05, 0) is 73.7 Å². The molecule has 0 saturated carbocycles. The van der Waals surface area contributed by atoms with E-state index in [4.69, 9.17) is 9.47 Å². The summed E-state index contributed by atoms with van der Waals surface area (Å²) < 4.78 is 11.3. The summed E-state index contributed by atoms with van der Waals surface area (Å²) in [5.74, 6) is -0.198. The van der Waals surface area contributed by atoms with Crippen molar-refractivity contribution < 1.29 is 24.2 Å². The van der Waals surface area contributed by atoms with Crippen molar-refractivity contribution in [1.82, 2.24) is 0 Å². The van der Waals surface area contributed by atoms with Crippen molar-refractivity contribution in [3.05, 3.63) is 94.6 Å². The lowest BCUT2D eigenvalue weighted by Crippen LogP contribution is -2.29. The molecule has 0 bridgehead atoms. The number of ether oxygens (including phenoxy) is 2. The number of nitrogens with zero attached hydrogens (tertiary/aromatic N) is 1. The van der Waals surface area contributed by atoms with Crippen molar-refractivity contribution >= 4 is 23.1 Å². The summed E-state index contributed by atoms with van der Waals surface area (Å²) in [6.07, 6.45) is 1.72. The van der Waals surface area contributed by atoms with Crippen molar-refractivity contribution in [1.29, 1.82) is 0 Å². The molecule has 5 rings (SSSR count). The Labute approximate surface area is 204 Å². The number of hydrogen-bond acceptors (Lipinski definition) is 5. The number of benzene rings is 3. The van der Waals surface area contributed by atoms with Gasteiger partial charge in [0.25, 0.3) is 11.7 Å².